The summed E-state index contributed by atoms with van der Waals surface area (Å²) in [5.41, 5.74) is 3.84. The molecule has 1 amide bonds. The molecule has 1 aromatic carbocycles. The van der Waals surface area contributed by atoms with Crippen LogP contribution in [0.25, 0.3) is 5.65 Å². The number of nitrogens with one attached hydrogen (secondary N) is 1. The summed E-state index contributed by atoms with van der Waals surface area (Å²) in [6.45, 7) is 4.27. The number of pyridine rings is 1. The van der Waals surface area contributed by atoms with Gasteiger partial charge in [0.1, 0.15) is 5.65 Å². The summed E-state index contributed by atoms with van der Waals surface area (Å²) in [6.07, 6.45) is 3.63. The molecule has 0 fully saturated rings. The van der Waals surface area contributed by atoms with Crippen LogP contribution in [-0.4, -0.2) is 27.9 Å². The molecule has 0 spiro atoms. The molecular weight excluding hydrogens is 342 g/mol. The van der Waals surface area contributed by atoms with Gasteiger partial charge in [-0.3, -0.25) is 4.79 Å². The quantitative estimate of drug-likeness (QED) is 0.647. The lowest BCUT2D eigenvalue weighted by Crippen LogP contribution is -2.14. The number of benzene rings is 1. The third-order valence-corrected chi connectivity index (χ3v) is 4.24. The van der Waals surface area contributed by atoms with E-state index >= 15 is 0 Å². The molecule has 0 saturated carbocycles. The zero-order valence-electron chi connectivity index (χ0n) is 15.6. The molecule has 0 unspecified atom stereocenters. The number of anilines is 1. The molecule has 6 heteroatoms. The van der Waals surface area contributed by atoms with Crippen LogP contribution in [0.2, 0.25) is 0 Å². The van der Waals surface area contributed by atoms with E-state index in [1.165, 1.54) is 0 Å². The summed E-state index contributed by atoms with van der Waals surface area (Å²) in [5.74, 6) is -0.492. The van der Waals surface area contributed by atoms with Gasteiger partial charge < -0.3 is 14.5 Å². The van der Waals surface area contributed by atoms with Crippen molar-refractivity contribution in [1.82, 2.24) is 9.38 Å². The Kier molecular flexibility index (Phi) is 5.86. The van der Waals surface area contributed by atoms with E-state index in [1.807, 2.05) is 42.6 Å². The third kappa shape index (κ3) is 4.53. The van der Waals surface area contributed by atoms with E-state index in [2.05, 4.69) is 10.3 Å². The fourth-order valence-corrected chi connectivity index (χ4v) is 2.92. The largest absolute Gasteiger partial charge is 0.462 e. The first kappa shape index (κ1) is 18.6. The minimum Gasteiger partial charge on any atom is -0.462 e. The van der Waals surface area contributed by atoms with Gasteiger partial charge in [0, 0.05) is 24.0 Å². The number of nitrogens with zero attached hydrogens (tertiary/aromatic N) is 2. The average molecular weight is 365 g/mol. The molecule has 0 bridgehead atoms. The number of carbonyl (C=O) groups excluding carboxylic acids is 2. The maximum atomic E-state index is 12.4. The number of hydrogen-bond donors (Lipinski definition) is 1. The van der Waals surface area contributed by atoms with E-state index in [1.54, 1.807) is 24.3 Å². The van der Waals surface area contributed by atoms with Crippen molar-refractivity contribution in [3.63, 3.8) is 0 Å². The van der Waals surface area contributed by atoms with Crippen LogP contribution < -0.4 is 5.32 Å². The van der Waals surface area contributed by atoms with E-state index < -0.39 is 0 Å². The molecule has 0 saturated heterocycles. The van der Waals surface area contributed by atoms with Gasteiger partial charge in [0.05, 0.1) is 17.9 Å². The smallest absolute Gasteiger partial charge is 0.338 e. The Bertz CT molecular complexity index is 962. The van der Waals surface area contributed by atoms with Crippen molar-refractivity contribution in [3.05, 3.63) is 65.6 Å². The molecule has 2 aromatic heterocycles. The van der Waals surface area contributed by atoms with E-state index in [4.69, 9.17) is 4.74 Å². The van der Waals surface area contributed by atoms with Gasteiger partial charge in [-0.05, 0) is 50.1 Å². The number of hydrogen-bond acceptors (Lipinski definition) is 4. The Morgan fingerprint density at radius 2 is 2.04 bits per heavy atom. The van der Waals surface area contributed by atoms with Crippen LogP contribution in [0, 0.1) is 6.92 Å². The molecule has 3 aromatic rings. The Balaban J connectivity index is 1.62. The zero-order chi connectivity index (χ0) is 19.2. The maximum absolute atomic E-state index is 12.4. The van der Waals surface area contributed by atoms with E-state index in [-0.39, 0.29) is 11.9 Å². The van der Waals surface area contributed by atoms with Gasteiger partial charge in [-0.2, -0.15) is 0 Å². The Labute approximate surface area is 158 Å². The lowest BCUT2D eigenvalue weighted by Gasteiger charge is -2.08. The van der Waals surface area contributed by atoms with Crippen molar-refractivity contribution in [1.29, 1.82) is 0 Å². The number of aromatic nitrogens is 2. The van der Waals surface area contributed by atoms with Gasteiger partial charge in [-0.1, -0.05) is 19.1 Å². The number of aryl methyl sites for hydroxylation is 2. The van der Waals surface area contributed by atoms with Crippen molar-refractivity contribution >= 4 is 23.2 Å². The molecule has 27 heavy (non-hydrogen) atoms. The molecule has 2 heterocycles. The second kappa shape index (κ2) is 8.49. The highest BCUT2D eigenvalue weighted by Crippen LogP contribution is 2.15. The molecule has 6 nitrogen and oxygen atoms in total. The highest BCUT2D eigenvalue weighted by Gasteiger charge is 2.12. The first-order valence-corrected chi connectivity index (χ1v) is 9.08. The molecule has 3 rings (SSSR count). The van der Waals surface area contributed by atoms with Gasteiger partial charge in [0.15, 0.2) is 0 Å². The van der Waals surface area contributed by atoms with Crippen LogP contribution >= 0.6 is 0 Å². The summed E-state index contributed by atoms with van der Waals surface area (Å²) in [7, 11) is 0. The summed E-state index contributed by atoms with van der Waals surface area (Å²) < 4.78 is 7.13. The number of amides is 1. The Morgan fingerprint density at radius 3 is 2.85 bits per heavy atom. The lowest BCUT2D eigenvalue weighted by atomic mass is 10.1. The van der Waals surface area contributed by atoms with Crippen LogP contribution in [-0.2, 0) is 16.0 Å². The minimum atomic E-state index is -0.380. The van der Waals surface area contributed by atoms with Gasteiger partial charge in [0.2, 0.25) is 5.91 Å². The van der Waals surface area contributed by atoms with E-state index in [9.17, 15) is 9.59 Å². The molecule has 1 N–H and O–H groups in total. The summed E-state index contributed by atoms with van der Waals surface area (Å²) in [6, 6.07) is 12.6. The van der Waals surface area contributed by atoms with Gasteiger partial charge in [-0.25, -0.2) is 9.78 Å². The van der Waals surface area contributed by atoms with Crippen LogP contribution in [0.5, 0.6) is 0 Å². The van der Waals surface area contributed by atoms with Crippen molar-refractivity contribution in [2.24, 2.45) is 0 Å². The van der Waals surface area contributed by atoms with Gasteiger partial charge >= 0.3 is 5.97 Å². The van der Waals surface area contributed by atoms with Crippen molar-refractivity contribution in [2.45, 2.75) is 33.1 Å². The molecule has 0 aliphatic heterocycles. The molecule has 140 valence electrons. The number of rotatable bonds is 7. The number of imidazole rings is 1. The number of esters is 1. The van der Waals surface area contributed by atoms with E-state index in [0.29, 0.717) is 30.7 Å². The SMILES string of the molecule is CCCOC(=O)c1cccc(NC(=O)CCc2c(C)nc3ccccn23)c1. The fraction of sp³-hybridized carbons (Fsp3) is 0.286. The lowest BCUT2D eigenvalue weighted by molar-refractivity contribution is -0.116. The summed E-state index contributed by atoms with van der Waals surface area (Å²) >= 11 is 0. The predicted molar refractivity (Wildman–Crippen MR) is 104 cm³/mol. The number of ether oxygens (including phenoxy) is 1. The molecule has 0 radical (unpaired) electrons. The first-order chi connectivity index (χ1) is 13.1. The van der Waals surface area contributed by atoms with Gasteiger partial charge in [-0.15, -0.1) is 0 Å². The first-order valence-electron chi connectivity index (χ1n) is 9.08. The van der Waals surface area contributed by atoms with Crippen molar-refractivity contribution in [2.75, 3.05) is 11.9 Å². The second-order valence-electron chi connectivity index (χ2n) is 6.34. The van der Waals surface area contributed by atoms with Crippen LogP contribution in [0.4, 0.5) is 5.69 Å². The average Bonchev–Trinajstić information content (AvgIpc) is 2.99. The molecule has 0 atom stereocenters. The Morgan fingerprint density at radius 1 is 1.19 bits per heavy atom. The van der Waals surface area contributed by atoms with Crippen molar-refractivity contribution in [3.8, 4) is 0 Å². The normalized spacial score (nSPS) is 10.7. The molecule has 0 aliphatic rings. The van der Waals surface area contributed by atoms with E-state index in [0.717, 1.165) is 23.5 Å². The van der Waals surface area contributed by atoms with Gasteiger partial charge in [0.25, 0.3) is 0 Å². The number of fused-ring (bicyclic) bond motifs is 1. The zero-order valence-corrected chi connectivity index (χ0v) is 15.6. The van der Waals surface area contributed by atoms with Crippen LogP contribution in [0.15, 0.2) is 48.7 Å². The van der Waals surface area contributed by atoms with Crippen LogP contribution in [0.1, 0.15) is 41.5 Å². The highest BCUT2D eigenvalue weighted by atomic mass is 16.5. The number of carbonyl (C=O) groups is 2. The maximum Gasteiger partial charge on any atom is 0.338 e. The van der Waals surface area contributed by atoms with Crippen molar-refractivity contribution < 1.29 is 14.3 Å². The predicted octanol–water partition coefficient (Wildman–Crippen LogP) is 3.78. The standard InChI is InChI=1S/C21H23N3O3/c1-3-13-27-21(26)16-7-6-8-17(14-16)23-20(25)11-10-18-15(2)22-19-9-4-5-12-24(18)19/h4-9,12,14H,3,10-11,13H2,1-2H3,(H,23,25). The highest BCUT2D eigenvalue weighted by molar-refractivity contribution is 5.94. The third-order valence-electron chi connectivity index (χ3n) is 4.24. The minimum absolute atomic E-state index is 0.112. The fourth-order valence-electron chi connectivity index (χ4n) is 2.92. The monoisotopic (exact) mass is 365 g/mol. The summed E-state index contributed by atoms with van der Waals surface area (Å²) in [4.78, 5) is 28.8. The Hall–Kier alpha value is -3.15. The molecule has 0 aliphatic carbocycles. The topological polar surface area (TPSA) is 72.7 Å². The molecular formula is C21H23N3O3. The summed E-state index contributed by atoms with van der Waals surface area (Å²) in [5, 5.41) is 2.85. The van der Waals surface area contributed by atoms with Crippen LogP contribution in [0.3, 0.4) is 0 Å². The second-order valence-corrected chi connectivity index (χ2v) is 6.34.